The maximum Gasteiger partial charge on any atom is 0.193 e. The highest BCUT2D eigenvalue weighted by atomic mass is 32.1. The van der Waals surface area contributed by atoms with Gasteiger partial charge in [-0.1, -0.05) is 0 Å². The lowest BCUT2D eigenvalue weighted by Gasteiger charge is -2.23. The first-order chi connectivity index (χ1) is 6.61. The Bertz CT molecular complexity index is 307. The SMILES string of the molecule is NC(=S)NN=C(N)C1N=CC=CN1N. The molecule has 0 amide bonds. The minimum atomic E-state index is -0.526. The molecule has 1 unspecified atom stereocenters. The van der Waals surface area contributed by atoms with Crippen molar-refractivity contribution in [2.75, 3.05) is 0 Å². The molecular weight excluding hydrogens is 202 g/mol. The van der Waals surface area contributed by atoms with E-state index in [1.165, 1.54) is 5.01 Å². The van der Waals surface area contributed by atoms with Crippen molar-refractivity contribution in [3.63, 3.8) is 0 Å². The van der Waals surface area contributed by atoms with Gasteiger partial charge in [-0.3, -0.25) is 15.4 Å². The molecule has 14 heavy (non-hydrogen) atoms. The molecule has 0 radical (unpaired) electrons. The number of nitrogens with zero attached hydrogens (tertiary/aromatic N) is 3. The van der Waals surface area contributed by atoms with Crippen LogP contribution in [0.15, 0.2) is 22.4 Å². The lowest BCUT2D eigenvalue weighted by Crippen LogP contribution is -2.46. The Balaban J connectivity index is 2.64. The van der Waals surface area contributed by atoms with E-state index in [1.54, 1.807) is 18.5 Å². The van der Waals surface area contributed by atoms with Gasteiger partial charge in [-0.05, 0) is 18.3 Å². The second kappa shape index (κ2) is 4.53. The van der Waals surface area contributed by atoms with Gasteiger partial charge >= 0.3 is 0 Å². The van der Waals surface area contributed by atoms with Gasteiger partial charge in [0.05, 0.1) is 0 Å². The monoisotopic (exact) mass is 213 g/mol. The molecule has 1 atom stereocenters. The van der Waals surface area contributed by atoms with Gasteiger partial charge in [0.1, 0.15) is 0 Å². The first-order valence-electron chi connectivity index (χ1n) is 3.73. The van der Waals surface area contributed by atoms with Crippen LogP contribution < -0.4 is 22.7 Å². The van der Waals surface area contributed by atoms with Crippen LogP contribution in [0.5, 0.6) is 0 Å². The van der Waals surface area contributed by atoms with Gasteiger partial charge in [0.15, 0.2) is 17.1 Å². The molecule has 0 fully saturated rings. The molecule has 0 aromatic rings. The van der Waals surface area contributed by atoms with Crippen molar-refractivity contribution >= 4 is 29.4 Å². The normalized spacial score (nSPS) is 21.1. The van der Waals surface area contributed by atoms with E-state index in [-0.39, 0.29) is 10.9 Å². The molecule has 1 aliphatic rings. The van der Waals surface area contributed by atoms with E-state index in [2.05, 4.69) is 27.7 Å². The second-order valence-electron chi connectivity index (χ2n) is 2.47. The van der Waals surface area contributed by atoms with Crippen molar-refractivity contribution < 1.29 is 0 Å². The molecule has 0 spiro atoms. The highest BCUT2D eigenvalue weighted by Crippen LogP contribution is 2.00. The molecule has 0 bridgehead atoms. The summed E-state index contributed by atoms with van der Waals surface area (Å²) < 4.78 is 0. The Labute approximate surface area is 86.3 Å². The summed E-state index contributed by atoms with van der Waals surface area (Å²) in [6.07, 6.45) is 4.37. The molecule has 1 heterocycles. The summed E-state index contributed by atoms with van der Waals surface area (Å²) in [4.78, 5) is 4.00. The van der Waals surface area contributed by atoms with Gasteiger partial charge in [-0.25, -0.2) is 5.84 Å². The van der Waals surface area contributed by atoms with Crippen LogP contribution in [-0.4, -0.2) is 28.3 Å². The molecule has 8 heteroatoms. The predicted octanol–water partition coefficient (Wildman–Crippen LogP) is -1.81. The van der Waals surface area contributed by atoms with Crippen LogP contribution in [0.3, 0.4) is 0 Å². The van der Waals surface area contributed by atoms with Crippen LogP contribution in [0.1, 0.15) is 0 Å². The Morgan fingerprint density at radius 2 is 2.29 bits per heavy atom. The van der Waals surface area contributed by atoms with Crippen LogP contribution >= 0.6 is 12.2 Å². The molecule has 0 saturated heterocycles. The lowest BCUT2D eigenvalue weighted by atomic mass is 10.4. The molecule has 0 aromatic heterocycles. The van der Waals surface area contributed by atoms with Gasteiger partial charge in [-0.2, -0.15) is 5.10 Å². The number of rotatable bonds is 2. The summed E-state index contributed by atoms with van der Waals surface area (Å²) >= 11 is 4.55. The third-order valence-electron chi connectivity index (χ3n) is 1.41. The molecule has 1 aliphatic heterocycles. The van der Waals surface area contributed by atoms with Crippen LogP contribution in [0.25, 0.3) is 0 Å². The number of hydrogen-bond acceptors (Lipinski definition) is 5. The fourth-order valence-corrected chi connectivity index (χ4v) is 0.880. The number of allylic oxidation sites excluding steroid dienone is 1. The van der Waals surface area contributed by atoms with E-state index in [4.69, 9.17) is 17.3 Å². The number of aliphatic imine (C=N–C) groups is 1. The standard InChI is InChI=1S/C6H11N7S/c7-4(11-12-6(8)14)5-10-2-1-3-13(5)9/h1-3,5H,9H2,(H2,7,11)(H3,8,12,14). The first kappa shape index (κ1) is 10.4. The van der Waals surface area contributed by atoms with Crippen LogP contribution in [0.2, 0.25) is 0 Å². The summed E-state index contributed by atoms with van der Waals surface area (Å²) in [5.41, 5.74) is 13.1. The number of nitrogens with one attached hydrogen (secondary N) is 1. The van der Waals surface area contributed by atoms with Crippen molar-refractivity contribution in [2.45, 2.75) is 6.17 Å². The zero-order valence-electron chi connectivity index (χ0n) is 7.29. The van der Waals surface area contributed by atoms with E-state index < -0.39 is 6.17 Å². The maximum atomic E-state index is 5.59. The molecule has 0 saturated carbocycles. The van der Waals surface area contributed by atoms with Crippen molar-refractivity contribution in [1.82, 2.24) is 10.4 Å². The molecule has 7 N–H and O–H groups in total. The summed E-state index contributed by atoms with van der Waals surface area (Å²) in [5, 5.41) is 5.06. The van der Waals surface area contributed by atoms with E-state index in [0.29, 0.717) is 0 Å². The van der Waals surface area contributed by atoms with Gasteiger partial charge in [0, 0.05) is 12.4 Å². The third-order valence-corrected chi connectivity index (χ3v) is 1.50. The largest absolute Gasteiger partial charge is 0.382 e. The Morgan fingerprint density at radius 3 is 2.86 bits per heavy atom. The second-order valence-corrected chi connectivity index (χ2v) is 2.91. The zero-order chi connectivity index (χ0) is 10.6. The summed E-state index contributed by atoms with van der Waals surface area (Å²) in [6, 6.07) is 0. The molecule has 0 aromatic carbocycles. The number of hydrazine groups is 1. The average Bonchev–Trinajstić information content (AvgIpc) is 2.15. The fraction of sp³-hybridized carbons (Fsp3) is 0.167. The first-order valence-corrected chi connectivity index (χ1v) is 4.13. The van der Waals surface area contributed by atoms with Crippen LogP contribution in [0.4, 0.5) is 0 Å². The Kier molecular flexibility index (Phi) is 3.37. The Hall–Kier alpha value is -1.67. The topological polar surface area (TPSA) is 118 Å². The highest BCUT2D eigenvalue weighted by Gasteiger charge is 2.16. The highest BCUT2D eigenvalue weighted by molar-refractivity contribution is 7.80. The van der Waals surface area contributed by atoms with Gasteiger partial charge in [0.2, 0.25) is 0 Å². The Morgan fingerprint density at radius 1 is 1.57 bits per heavy atom. The van der Waals surface area contributed by atoms with Crippen molar-refractivity contribution in [2.24, 2.45) is 27.4 Å². The lowest BCUT2D eigenvalue weighted by molar-refractivity contribution is 0.352. The van der Waals surface area contributed by atoms with Gasteiger partial charge in [0.25, 0.3) is 0 Å². The quantitative estimate of drug-likeness (QED) is 0.141. The minimum Gasteiger partial charge on any atom is -0.382 e. The summed E-state index contributed by atoms with van der Waals surface area (Å²) in [5.74, 6) is 5.75. The number of hydrazone groups is 1. The summed E-state index contributed by atoms with van der Waals surface area (Å²) in [7, 11) is 0. The smallest absolute Gasteiger partial charge is 0.193 e. The minimum absolute atomic E-state index is 0.0341. The van der Waals surface area contributed by atoms with Crippen LogP contribution in [-0.2, 0) is 0 Å². The average molecular weight is 213 g/mol. The van der Waals surface area contributed by atoms with Crippen molar-refractivity contribution in [1.29, 1.82) is 0 Å². The fourth-order valence-electron chi connectivity index (χ4n) is 0.834. The number of thiocarbonyl (C=S) groups is 1. The number of nitrogens with two attached hydrogens (primary N) is 3. The molecular formula is C6H11N7S. The van der Waals surface area contributed by atoms with E-state index in [1.807, 2.05) is 0 Å². The molecule has 7 nitrogen and oxygen atoms in total. The maximum absolute atomic E-state index is 5.59. The number of amidine groups is 1. The van der Waals surface area contributed by atoms with Gasteiger partial charge < -0.3 is 11.5 Å². The molecule has 76 valence electrons. The predicted molar refractivity (Wildman–Crippen MR) is 59.0 cm³/mol. The third kappa shape index (κ3) is 2.68. The zero-order valence-corrected chi connectivity index (χ0v) is 8.11. The van der Waals surface area contributed by atoms with Crippen LogP contribution in [0, 0.1) is 0 Å². The summed E-state index contributed by atoms with van der Waals surface area (Å²) in [6.45, 7) is 0. The van der Waals surface area contributed by atoms with Crippen molar-refractivity contribution in [3.05, 3.63) is 12.3 Å². The van der Waals surface area contributed by atoms with E-state index in [9.17, 15) is 0 Å². The molecule has 1 rings (SSSR count). The van der Waals surface area contributed by atoms with E-state index >= 15 is 0 Å². The molecule has 0 aliphatic carbocycles. The number of hydrogen-bond donors (Lipinski definition) is 4. The van der Waals surface area contributed by atoms with Gasteiger partial charge in [-0.15, -0.1) is 0 Å². The van der Waals surface area contributed by atoms with Crippen molar-refractivity contribution in [3.8, 4) is 0 Å². The van der Waals surface area contributed by atoms with E-state index in [0.717, 1.165) is 0 Å².